The minimum absolute atomic E-state index is 0.417. The van der Waals surface area contributed by atoms with Crippen LogP contribution >= 0.6 is 11.3 Å². The first-order valence-corrected chi connectivity index (χ1v) is 7.03. The monoisotopic (exact) mass is 235 g/mol. The lowest BCUT2D eigenvalue weighted by Gasteiger charge is -2.24. The van der Waals surface area contributed by atoms with Crippen LogP contribution in [0.5, 0.6) is 0 Å². The van der Waals surface area contributed by atoms with Gasteiger partial charge in [-0.2, -0.15) is 11.3 Å². The van der Waals surface area contributed by atoms with Crippen molar-refractivity contribution in [3.8, 4) is 11.8 Å². The van der Waals surface area contributed by atoms with E-state index in [2.05, 4.69) is 54.3 Å². The number of nitrogens with zero attached hydrogens (tertiary/aromatic N) is 1. The van der Waals surface area contributed by atoms with Crippen molar-refractivity contribution in [3.05, 3.63) is 22.4 Å². The van der Waals surface area contributed by atoms with Crippen molar-refractivity contribution in [2.24, 2.45) is 0 Å². The normalized spacial score (nSPS) is 12.2. The Hall–Kier alpha value is -0.780. The summed E-state index contributed by atoms with van der Waals surface area (Å²) in [5, 5.41) is 4.19. The van der Waals surface area contributed by atoms with Gasteiger partial charge in [0, 0.05) is 10.9 Å². The van der Waals surface area contributed by atoms with E-state index in [-0.39, 0.29) is 0 Å². The summed E-state index contributed by atoms with van der Waals surface area (Å²) in [5.74, 6) is 6.68. The number of hydrogen-bond acceptors (Lipinski definition) is 2. The molecule has 0 saturated heterocycles. The average Bonchev–Trinajstić information content (AvgIpc) is 2.80. The zero-order valence-electron chi connectivity index (χ0n) is 10.5. The van der Waals surface area contributed by atoms with Crippen LogP contribution in [0.25, 0.3) is 0 Å². The summed E-state index contributed by atoms with van der Waals surface area (Å²) in [7, 11) is 0. The Bertz CT molecular complexity index is 327. The highest BCUT2D eigenvalue weighted by Gasteiger charge is 2.11. The first-order chi connectivity index (χ1) is 7.81. The highest BCUT2D eigenvalue weighted by Crippen LogP contribution is 2.08. The molecule has 1 rings (SSSR count). The van der Waals surface area contributed by atoms with Crippen LogP contribution in [0.2, 0.25) is 0 Å². The lowest BCUT2D eigenvalue weighted by atomic mass is 10.1. The molecule has 2 heteroatoms. The molecule has 0 aliphatic rings. The van der Waals surface area contributed by atoms with Crippen LogP contribution < -0.4 is 0 Å². The molecule has 1 atom stereocenters. The summed E-state index contributed by atoms with van der Waals surface area (Å²) in [5.41, 5.74) is 1.15. The highest BCUT2D eigenvalue weighted by molar-refractivity contribution is 7.08. The Balaban J connectivity index is 2.70. The lowest BCUT2D eigenvalue weighted by Crippen LogP contribution is -2.33. The third-order valence-corrected chi connectivity index (χ3v) is 3.40. The maximum Gasteiger partial charge on any atom is 0.0718 e. The van der Waals surface area contributed by atoms with Gasteiger partial charge in [-0.3, -0.25) is 4.90 Å². The van der Waals surface area contributed by atoms with Gasteiger partial charge in [0.2, 0.25) is 0 Å². The van der Waals surface area contributed by atoms with Crippen LogP contribution in [0.1, 0.15) is 39.2 Å². The first-order valence-electron chi connectivity index (χ1n) is 6.09. The summed E-state index contributed by atoms with van der Waals surface area (Å²) >= 11 is 1.71. The van der Waals surface area contributed by atoms with Gasteiger partial charge in [-0.15, -0.1) is 0 Å². The molecular weight excluding hydrogens is 214 g/mol. The van der Waals surface area contributed by atoms with Gasteiger partial charge in [0.05, 0.1) is 6.04 Å². The van der Waals surface area contributed by atoms with E-state index in [1.165, 1.54) is 12.8 Å². The Labute approximate surface area is 103 Å². The quantitative estimate of drug-likeness (QED) is 0.705. The van der Waals surface area contributed by atoms with Gasteiger partial charge in [0.25, 0.3) is 0 Å². The fraction of sp³-hybridized carbons (Fsp3) is 0.571. The molecule has 0 radical (unpaired) electrons. The minimum Gasteiger partial charge on any atom is -0.290 e. The van der Waals surface area contributed by atoms with Gasteiger partial charge in [0.1, 0.15) is 0 Å². The molecule has 0 saturated carbocycles. The predicted octanol–water partition coefficient (Wildman–Crippen LogP) is 3.61. The van der Waals surface area contributed by atoms with E-state index in [0.29, 0.717) is 6.04 Å². The van der Waals surface area contributed by atoms with Crippen LogP contribution in [0.4, 0.5) is 0 Å². The van der Waals surface area contributed by atoms with Gasteiger partial charge in [-0.25, -0.2) is 0 Å². The van der Waals surface area contributed by atoms with Crippen molar-refractivity contribution < 1.29 is 0 Å². The summed E-state index contributed by atoms with van der Waals surface area (Å²) < 4.78 is 0. The zero-order chi connectivity index (χ0) is 11.8. The number of rotatable bonds is 5. The molecule has 0 aromatic carbocycles. The van der Waals surface area contributed by atoms with E-state index in [1.807, 2.05) is 0 Å². The highest BCUT2D eigenvalue weighted by atomic mass is 32.1. The summed E-state index contributed by atoms with van der Waals surface area (Å²) in [6, 6.07) is 2.50. The molecule has 1 unspecified atom stereocenters. The van der Waals surface area contributed by atoms with Gasteiger partial charge in [0.15, 0.2) is 0 Å². The Morgan fingerprint density at radius 1 is 1.31 bits per heavy atom. The van der Waals surface area contributed by atoms with E-state index in [4.69, 9.17) is 0 Å². The second-order valence-corrected chi connectivity index (χ2v) is 4.59. The Morgan fingerprint density at radius 3 is 2.56 bits per heavy atom. The van der Waals surface area contributed by atoms with E-state index < -0.39 is 0 Å². The minimum atomic E-state index is 0.417. The van der Waals surface area contributed by atoms with Crippen LogP contribution in [-0.4, -0.2) is 24.0 Å². The average molecular weight is 235 g/mol. The molecular formula is C14H21NS. The predicted molar refractivity (Wildman–Crippen MR) is 72.8 cm³/mol. The van der Waals surface area contributed by atoms with Crippen molar-refractivity contribution in [3.63, 3.8) is 0 Å². The molecule has 88 valence electrons. The smallest absolute Gasteiger partial charge is 0.0718 e. The summed E-state index contributed by atoms with van der Waals surface area (Å²) in [6.07, 6.45) is 2.36. The molecule has 0 spiro atoms. The Kier molecular flexibility index (Phi) is 6.22. The summed E-state index contributed by atoms with van der Waals surface area (Å²) in [4.78, 5) is 2.43. The second-order valence-electron chi connectivity index (χ2n) is 3.81. The van der Waals surface area contributed by atoms with Crippen LogP contribution in [0.15, 0.2) is 16.8 Å². The van der Waals surface area contributed by atoms with E-state index in [0.717, 1.165) is 18.7 Å². The fourth-order valence-electron chi connectivity index (χ4n) is 1.79. The molecule has 1 heterocycles. The van der Waals surface area contributed by atoms with E-state index in [9.17, 15) is 0 Å². The van der Waals surface area contributed by atoms with Crippen molar-refractivity contribution in [1.29, 1.82) is 0 Å². The molecule has 1 aromatic rings. The van der Waals surface area contributed by atoms with Crippen LogP contribution in [0.3, 0.4) is 0 Å². The molecule has 0 fully saturated rings. The molecule has 1 nitrogen and oxygen atoms in total. The van der Waals surface area contributed by atoms with Gasteiger partial charge >= 0.3 is 0 Å². The standard InChI is InChI=1S/C14H21NS/c1-4-7-14(15(5-2)6-3)9-8-13-10-11-16-12-13/h10-12,14H,4-7H2,1-3H3. The van der Waals surface area contributed by atoms with Gasteiger partial charge < -0.3 is 0 Å². The molecule has 16 heavy (non-hydrogen) atoms. The van der Waals surface area contributed by atoms with E-state index >= 15 is 0 Å². The number of hydrogen-bond donors (Lipinski definition) is 0. The van der Waals surface area contributed by atoms with Crippen molar-refractivity contribution in [2.45, 2.75) is 39.7 Å². The largest absolute Gasteiger partial charge is 0.290 e. The van der Waals surface area contributed by atoms with Crippen molar-refractivity contribution in [1.82, 2.24) is 4.90 Å². The third kappa shape index (κ3) is 4.00. The molecule has 1 aromatic heterocycles. The second kappa shape index (κ2) is 7.49. The molecule has 0 aliphatic carbocycles. The number of thiophene rings is 1. The topological polar surface area (TPSA) is 3.24 Å². The molecule has 0 bridgehead atoms. The van der Waals surface area contributed by atoms with Gasteiger partial charge in [-0.05, 0) is 31.0 Å². The molecule has 0 aliphatic heterocycles. The Morgan fingerprint density at radius 2 is 2.06 bits per heavy atom. The summed E-state index contributed by atoms with van der Waals surface area (Å²) in [6.45, 7) is 8.80. The van der Waals surface area contributed by atoms with Crippen LogP contribution in [-0.2, 0) is 0 Å². The molecule has 0 amide bonds. The van der Waals surface area contributed by atoms with Gasteiger partial charge in [-0.1, -0.05) is 39.0 Å². The SMILES string of the molecule is CCCC(C#Cc1ccsc1)N(CC)CC. The van der Waals surface area contributed by atoms with E-state index in [1.54, 1.807) is 11.3 Å². The van der Waals surface area contributed by atoms with Crippen molar-refractivity contribution >= 4 is 11.3 Å². The molecule has 0 N–H and O–H groups in total. The van der Waals surface area contributed by atoms with Crippen molar-refractivity contribution in [2.75, 3.05) is 13.1 Å². The zero-order valence-corrected chi connectivity index (χ0v) is 11.3. The maximum atomic E-state index is 3.41. The maximum absolute atomic E-state index is 3.41. The lowest BCUT2D eigenvalue weighted by molar-refractivity contribution is 0.250. The first kappa shape index (κ1) is 13.3. The fourth-order valence-corrected chi connectivity index (χ4v) is 2.37. The van der Waals surface area contributed by atoms with Crippen LogP contribution in [0, 0.1) is 11.8 Å². The third-order valence-electron chi connectivity index (χ3n) is 2.72.